The van der Waals surface area contributed by atoms with Gasteiger partial charge in [0, 0.05) is 12.0 Å². The highest BCUT2D eigenvalue weighted by atomic mass is 16.1. The van der Waals surface area contributed by atoms with E-state index in [-0.39, 0.29) is 5.92 Å². The molecule has 2 atom stereocenters. The van der Waals surface area contributed by atoms with Gasteiger partial charge in [-0.2, -0.15) is 0 Å². The number of hydrogen-bond acceptors (Lipinski definition) is 2. The molecule has 1 heterocycles. The van der Waals surface area contributed by atoms with Gasteiger partial charge >= 0.3 is 0 Å². The van der Waals surface area contributed by atoms with Gasteiger partial charge in [0.15, 0.2) is 0 Å². The fraction of sp³-hybridized carbons (Fsp3) is 0.769. The molecule has 2 nitrogen and oxygen atoms in total. The van der Waals surface area contributed by atoms with Crippen molar-refractivity contribution in [2.24, 2.45) is 5.92 Å². The Morgan fingerprint density at radius 2 is 2.20 bits per heavy atom. The molecule has 2 rings (SSSR count). The Labute approximate surface area is 92.3 Å². The summed E-state index contributed by atoms with van der Waals surface area (Å²) in [5.41, 5.74) is 1.42. The van der Waals surface area contributed by atoms with Crippen LogP contribution >= 0.6 is 0 Å². The minimum atomic E-state index is 0.249. The molecule has 0 aromatic rings. The molecule has 15 heavy (non-hydrogen) atoms. The van der Waals surface area contributed by atoms with Crippen molar-refractivity contribution in [3.05, 3.63) is 11.6 Å². The fourth-order valence-electron chi connectivity index (χ4n) is 2.93. The van der Waals surface area contributed by atoms with Crippen LogP contribution in [0.2, 0.25) is 0 Å². The van der Waals surface area contributed by atoms with E-state index >= 15 is 0 Å². The summed E-state index contributed by atoms with van der Waals surface area (Å²) in [4.78, 5) is 13.9. The van der Waals surface area contributed by atoms with E-state index in [0.717, 1.165) is 12.8 Å². The number of ketones is 1. The highest BCUT2D eigenvalue weighted by molar-refractivity contribution is 5.81. The predicted octanol–water partition coefficient (Wildman–Crippen LogP) is 2.40. The van der Waals surface area contributed by atoms with Crippen LogP contribution in [0, 0.1) is 5.92 Å². The molecule has 0 aromatic carbocycles. The number of Topliss-reactive ketones (excluding diaryl/α,β-unsaturated/α-hetero) is 1. The van der Waals surface area contributed by atoms with Gasteiger partial charge in [-0.3, -0.25) is 9.69 Å². The Morgan fingerprint density at radius 3 is 2.80 bits per heavy atom. The van der Waals surface area contributed by atoms with Gasteiger partial charge in [0.1, 0.15) is 5.78 Å². The SMILES string of the molecule is CC(=O)[C@@H]1CCC/C1=C\[C@@H]1CCCN1C. The number of hydrogen-bond donors (Lipinski definition) is 0. The molecule has 1 aliphatic carbocycles. The third kappa shape index (κ3) is 2.31. The average molecular weight is 207 g/mol. The Morgan fingerprint density at radius 1 is 1.40 bits per heavy atom. The molecule has 2 aliphatic rings. The van der Waals surface area contributed by atoms with E-state index in [1.165, 1.54) is 31.4 Å². The first-order valence-corrected chi connectivity index (χ1v) is 6.10. The molecular formula is C13H21NO. The second-order valence-corrected chi connectivity index (χ2v) is 4.99. The zero-order valence-corrected chi connectivity index (χ0v) is 9.83. The maximum atomic E-state index is 11.5. The Kier molecular flexibility index (Phi) is 3.25. The highest BCUT2D eigenvalue weighted by Gasteiger charge is 2.27. The molecule has 0 N–H and O–H groups in total. The maximum absolute atomic E-state index is 11.5. The Bertz CT molecular complexity index is 282. The van der Waals surface area contributed by atoms with E-state index in [1.54, 1.807) is 6.92 Å². The third-order valence-corrected chi connectivity index (χ3v) is 3.88. The van der Waals surface area contributed by atoms with Crippen molar-refractivity contribution < 1.29 is 4.79 Å². The molecule has 0 bridgehead atoms. The van der Waals surface area contributed by atoms with Crippen LogP contribution in [0.5, 0.6) is 0 Å². The molecule has 1 saturated carbocycles. The van der Waals surface area contributed by atoms with E-state index < -0.39 is 0 Å². The van der Waals surface area contributed by atoms with Gasteiger partial charge in [-0.15, -0.1) is 0 Å². The monoisotopic (exact) mass is 207 g/mol. The Balaban J connectivity index is 2.08. The summed E-state index contributed by atoms with van der Waals surface area (Å²) in [6.07, 6.45) is 8.38. The van der Waals surface area contributed by atoms with E-state index in [4.69, 9.17) is 0 Å². The summed E-state index contributed by atoms with van der Waals surface area (Å²) < 4.78 is 0. The zero-order valence-electron chi connectivity index (χ0n) is 9.83. The number of allylic oxidation sites excluding steroid dienone is 1. The molecular weight excluding hydrogens is 186 g/mol. The summed E-state index contributed by atoms with van der Waals surface area (Å²) in [6.45, 7) is 2.95. The standard InChI is InChI=1S/C13H21NO/c1-10(15)13-7-3-5-11(13)9-12-6-4-8-14(12)2/h9,12-13H,3-8H2,1-2H3/b11-9+/t12-,13-/m0/s1. The van der Waals surface area contributed by atoms with Gasteiger partial charge in [0.05, 0.1) is 0 Å². The van der Waals surface area contributed by atoms with Gasteiger partial charge in [-0.05, 0) is 52.6 Å². The number of carbonyl (C=O) groups excluding carboxylic acids is 1. The summed E-state index contributed by atoms with van der Waals surface area (Å²) >= 11 is 0. The van der Waals surface area contributed by atoms with Crippen molar-refractivity contribution in [1.29, 1.82) is 0 Å². The first-order valence-electron chi connectivity index (χ1n) is 6.10. The molecule has 0 spiro atoms. The molecule has 0 radical (unpaired) electrons. The molecule has 2 heteroatoms. The maximum Gasteiger partial charge on any atom is 0.136 e. The molecule has 0 amide bonds. The lowest BCUT2D eigenvalue weighted by atomic mass is 9.96. The molecule has 2 fully saturated rings. The first-order chi connectivity index (χ1) is 7.18. The zero-order chi connectivity index (χ0) is 10.8. The molecule has 1 aliphatic heterocycles. The average Bonchev–Trinajstić information content (AvgIpc) is 2.77. The van der Waals surface area contributed by atoms with E-state index in [2.05, 4.69) is 18.0 Å². The molecule has 0 aromatic heterocycles. The van der Waals surface area contributed by atoms with Gasteiger partial charge in [0.2, 0.25) is 0 Å². The van der Waals surface area contributed by atoms with Crippen molar-refractivity contribution in [2.45, 2.75) is 45.1 Å². The van der Waals surface area contributed by atoms with Crippen LogP contribution in [0.3, 0.4) is 0 Å². The van der Waals surface area contributed by atoms with Crippen LogP contribution in [0.25, 0.3) is 0 Å². The van der Waals surface area contributed by atoms with E-state index in [1.807, 2.05) is 0 Å². The lowest BCUT2D eigenvalue weighted by Gasteiger charge is -2.18. The van der Waals surface area contributed by atoms with Crippen molar-refractivity contribution in [3.8, 4) is 0 Å². The summed E-state index contributed by atoms with van der Waals surface area (Å²) in [5.74, 6) is 0.610. The second kappa shape index (κ2) is 4.48. The van der Waals surface area contributed by atoms with Crippen LogP contribution in [0.15, 0.2) is 11.6 Å². The van der Waals surface area contributed by atoms with Gasteiger partial charge < -0.3 is 0 Å². The topological polar surface area (TPSA) is 20.3 Å². The summed E-state index contributed by atoms with van der Waals surface area (Å²) in [7, 11) is 2.19. The van der Waals surface area contributed by atoms with Crippen LogP contribution in [-0.4, -0.2) is 30.3 Å². The lowest BCUT2D eigenvalue weighted by Crippen LogP contribution is -2.23. The van der Waals surface area contributed by atoms with Crippen LogP contribution in [0.4, 0.5) is 0 Å². The lowest BCUT2D eigenvalue weighted by molar-refractivity contribution is -0.119. The highest BCUT2D eigenvalue weighted by Crippen LogP contribution is 2.33. The van der Waals surface area contributed by atoms with Crippen molar-refractivity contribution >= 4 is 5.78 Å². The summed E-state index contributed by atoms with van der Waals surface area (Å²) in [6, 6.07) is 0.597. The normalized spacial score (nSPS) is 35.2. The molecule has 84 valence electrons. The number of nitrogens with zero attached hydrogens (tertiary/aromatic N) is 1. The number of likely N-dealkylation sites (tertiary alicyclic amines) is 1. The minimum absolute atomic E-state index is 0.249. The van der Waals surface area contributed by atoms with E-state index in [0.29, 0.717) is 11.8 Å². The first kappa shape index (κ1) is 10.9. The van der Waals surface area contributed by atoms with Crippen LogP contribution in [0.1, 0.15) is 39.0 Å². The van der Waals surface area contributed by atoms with Crippen molar-refractivity contribution in [3.63, 3.8) is 0 Å². The third-order valence-electron chi connectivity index (χ3n) is 3.88. The van der Waals surface area contributed by atoms with Crippen molar-refractivity contribution in [1.82, 2.24) is 4.90 Å². The predicted molar refractivity (Wildman–Crippen MR) is 61.8 cm³/mol. The molecule has 0 unspecified atom stereocenters. The summed E-state index contributed by atoms with van der Waals surface area (Å²) in [5, 5.41) is 0. The number of rotatable bonds is 2. The van der Waals surface area contributed by atoms with Gasteiger partial charge in [0.25, 0.3) is 0 Å². The largest absolute Gasteiger partial charge is 0.300 e. The minimum Gasteiger partial charge on any atom is -0.300 e. The number of likely N-dealkylation sites (N-methyl/N-ethyl adjacent to an activating group) is 1. The quantitative estimate of drug-likeness (QED) is 0.648. The van der Waals surface area contributed by atoms with Crippen molar-refractivity contribution in [2.75, 3.05) is 13.6 Å². The molecule has 1 saturated heterocycles. The van der Waals surface area contributed by atoms with Gasteiger partial charge in [-0.25, -0.2) is 0 Å². The van der Waals surface area contributed by atoms with E-state index in [9.17, 15) is 4.79 Å². The number of carbonyl (C=O) groups is 1. The fourth-order valence-corrected chi connectivity index (χ4v) is 2.93. The smallest absolute Gasteiger partial charge is 0.136 e. The van der Waals surface area contributed by atoms with Crippen LogP contribution in [-0.2, 0) is 4.79 Å². The Hall–Kier alpha value is -0.630. The van der Waals surface area contributed by atoms with Crippen LogP contribution < -0.4 is 0 Å². The second-order valence-electron chi connectivity index (χ2n) is 4.99. The van der Waals surface area contributed by atoms with Gasteiger partial charge in [-0.1, -0.05) is 11.6 Å².